The van der Waals surface area contributed by atoms with Gasteiger partial charge in [-0.1, -0.05) is 17.7 Å². The molecule has 1 fully saturated rings. The Hall–Kier alpha value is -1.55. The number of benzene rings is 1. The Morgan fingerprint density at radius 1 is 1.40 bits per heavy atom. The molecular weight excluding hydrogens is 252 g/mol. The van der Waals surface area contributed by atoms with Crippen molar-refractivity contribution < 1.29 is 9.53 Å². The third-order valence-electron chi connectivity index (χ3n) is 3.74. The summed E-state index contributed by atoms with van der Waals surface area (Å²) < 4.78 is 5.66. The molecule has 1 N–H and O–H groups in total. The predicted molar refractivity (Wildman–Crippen MR) is 79.9 cm³/mol. The highest BCUT2D eigenvalue weighted by atomic mass is 16.5. The number of carbonyl (C=O) groups excluding carboxylic acids is 1. The Balaban J connectivity index is 1.72. The molecule has 0 spiro atoms. The van der Waals surface area contributed by atoms with E-state index in [0.717, 1.165) is 31.7 Å². The van der Waals surface area contributed by atoms with Gasteiger partial charge in [-0.15, -0.1) is 0 Å². The van der Waals surface area contributed by atoms with Crippen LogP contribution in [-0.4, -0.2) is 44.1 Å². The lowest BCUT2D eigenvalue weighted by Gasteiger charge is -2.27. The summed E-state index contributed by atoms with van der Waals surface area (Å²) in [5, 5.41) is 3.28. The van der Waals surface area contributed by atoms with Crippen molar-refractivity contribution in [1.29, 1.82) is 0 Å². The lowest BCUT2D eigenvalue weighted by atomic mass is 9.98. The smallest absolute Gasteiger partial charge is 0.226 e. The first kappa shape index (κ1) is 14.9. The molecule has 110 valence electrons. The minimum Gasteiger partial charge on any atom is -0.492 e. The van der Waals surface area contributed by atoms with E-state index in [2.05, 4.69) is 12.2 Å². The summed E-state index contributed by atoms with van der Waals surface area (Å²) in [4.78, 5) is 14.0. The Labute approximate surface area is 121 Å². The average molecular weight is 276 g/mol. The van der Waals surface area contributed by atoms with Gasteiger partial charge < -0.3 is 15.0 Å². The van der Waals surface area contributed by atoms with E-state index in [4.69, 9.17) is 4.74 Å². The van der Waals surface area contributed by atoms with Crippen LogP contribution < -0.4 is 10.1 Å². The lowest BCUT2D eigenvalue weighted by Crippen LogP contribution is -2.42. The van der Waals surface area contributed by atoms with Gasteiger partial charge in [0.15, 0.2) is 0 Å². The molecule has 4 nitrogen and oxygen atoms in total. The molecule has 1 aliphatic rings. The normalized spacial score (nSPS) is 18.6. The summed E-state index contributed by atoms with van der Waals surface area (Å²) >= 11 is 0. The maximum absolute atomic E-state index is 12.2. The monoisotopic (exact) mass is 276 g/mol. The number of nitrogens with one attached hydrogen (secondary N) is 1. The summed E-state index contributed by atoms with van der Waals surface area (Å²) in [7, 11) is 1.86. The summed E-state index contributed by atoms with van der Waals surface area (Å²) in [6.45, 7) is 5.05. The second-order valence-electron chi connectivity index (χ2n) is 5.46. The van der Waals surface area contributed by atoms with Crippen molar-refractivity contribution in [2.45, 2.75) is 19.8 Å². The van der Waals surface area contributed by atoms with E-state index < -0.39 is 0 Å². The topological polar surface area (TPSA) is 41.6 Å². The molecule has 1 aromatic rings. The van der Waals surface area contributed by atoms with Gasteiger partial charge in [-0.05, 0) is 38.4 Å². The maximum Gasteiger partial charge on any atom is 0.226 e. The molecule has 1 aliphatic heterocycles. The fourth-order valence-electron chi connectivity index (χ4n) is 2.42. The first-order valence-electron chi connectivity index (χ1n) is 7.32. The van der Waals surface area contributed by atoms with Gasteiger partial charge in [-0.3, -0.25) is 4.79 Å². The van der Waals surface area contributed by atoms with Crippen molar-refractivity contribution in [3.8, 4) is 5.75 Å². The van der Waals surface area contributed by atoms with Crippen LogP contribution in [0.2, 0.25) is 0 Å². The standard InChI is InChI=1S/C16H24N2O2/c1-13-5-7-15(8-6-13)20-11-10-18(2)16(19)14-4-3-9-17-12-14/h5-8,14,17H,3-4,9-12H2,1-2H3. The van der Waals surface area contributed by atoms with Gasteiger partial charge in [0.25, 0.3) is 0 Å². The molecule has 0 aromatic heterocycles. The molecular formula is C16H24N2O2. The summed E-state index contributed by atoms with van der Waals surface area (Å²) in [6.07, 6.45) is 2.08. The molecule has 2 rings (SSSR count). The van der Waals surface area contributed by atoms with Crippen LogP contribution in [0.25, 0.3) is 0 Å². The number of likely N-dealkylation sites (N-methyl/N-ethyl adjacent to an activating group) is 1. The highest BCUT2D eigenvalue weighted by molar-refractivity contribution is 5.78. The molecule has 1 aromatic carbocycles. The Morgan fingerprint density at radius 3 is 2.80 bits per heavy atom. The Bertz CT molecular complexity index is 425. The Morgan fingerprint density at radius 2 is 2.15 bits per heavy atom. The van der Waals surface area contributed by atoms with Gasteiger partial charge >= 0.3 is 0 Å². The molecule has 0 radical (unpaired) electrons. The van der Waals surface area contributed by atoms with Crippen LogP contribution in [0.15, 0.2) is 24.3 Å². The number of carbonyl (C=O) groups is 1. The number of rotatable bonds is 5. The molecule has 0 bridgehead atoms. The predicted octanol–water partition coefficient (Wildman–Crippen LogP) is 1.83. The second-order valence-corrected chi connectivity index (χ2v) is 5.46. The van der Waals surface area contributed by atoms with Gasteiger partial charge in [0, 0.05) is 13.6 Å². The molecule has 1 heterocycles. The van der Waals surface area contributed by atoms with Gasteiger partial charge in [-0.2, -0.15) is 0 Å². The van der Waals surface area contributed by atoms with E-state index in [1.54, 1.807) is 4.90 Å². The van der Waals surface area contributed by atoms with Crippen molar-refractivity contribution in [3.05, 3.63) is 29.8 Å². The van der Waals surface area contributed by atoms with Crippen LogP contribution in [0.4, 0.5) is 0 Å². The SMILES string of the molecule is Cc1ccc(OCCN(C)C(=O)C2CCCNC2)cc1. The largest absolute Gasteiger partial charge is 0.492 e. The molecule has 0 aliphatic carbocycles. The zero-order valence-corrected chi connectivity index (χ0v) is 12.4. The quantitative estimate of drug-likeness (QED) is 0.892. The van der Waals surface area contributed by atoms with Crippen molar-refractivity contribution >= 4 is 5.91 Å². The van der Waals surface area contributed by atoms with Crippen molar-refractivity contribution in [2.75, 3.05) is 33.3 Å². The first-order valence-corrected chi connectivity index (χ1v) is 7.32. The highest BCUT2D eigenvalue weighted by Crippen LogP contribution is 2.13. The molecule has 1 unspecified atom stereocenters. The van der Waals surface area contributed by atoms with Crippen LogP contribution in [0, 0.1) is 12.8 Å². The van der Waals surface area contributed by atoms with E-state index >= 15 is 0 Å². The zero-order valence-electron chi connectivity index (χ0n) is 12.4. The van der Waals surface area contributed by atoms with E-state index in [-0.39, 0.29) is 11.8 Å². The first-order chi connectivity index (χ1) is 9.66. The van der Waals surface area contributed by atoms with E-state index in [1.807, 2.05) is 31.3 Å². The summed E-state index contributed by atoms with van der Waals surface area (Å²) in [5.74, 6) is 1.22. The van der Waals surface area contributed by atoms with Crippen LogP contribution in [0.5, 0.6) is 5.75 Å². The number of hydrogen-bond acceptors (Lipinski definition) is 3. The minimum absolute atomic E-state index is 0.133. The van der Waals surface area contributed by atoms with Gasteiger partial charge in [-0.25, -0.2) is 0 Å². The minimum atomic E-state index is 0.133. The molecule has 1 atom stereocenters. The lowest BCUT2D eigenvalue weighted by molar-refractivity contribution is -0.135. The van der Waals surface area contributed by atoms with Crippen LogP contribution in [-0.2, 0) is 4.79 Å². The van der Waals surface area contributed by atoms with E-state index in [1.165, 1.54) is 5.56 Å². The summed E-state index contributed by atoms with van der Waals surface area (Å²) in [6, 6.07) is 7.97. The molecule has 1 amide bonds. The van der Waals surface area contributed by atoms with Crippen LogP contribution in [0.3, 0.4) is 0 Å². The third-order valence-corrected chi connectivity index (χ3v) is 3.74. The van der Waals surface area contributed by atoms with Crippen molar-refractivity contribution in [3.63, 3.8) is 0 Å². The van der Waals surface area contributed by atoms with Crippen LogP contribution in [0.1, 0.15) is 18.4 Å². The number of ether oxygens (including phenoxy) is 1. The number of piperidine rings is 1. The summed E-state index contributed by atoms with van der Waals surface area (Å²) in [5.41, 5.74) is 1.22. The molecule has 0 saturated carbocycles. The maximum atomic E-state index is 12.2. The van der Waals surface area contributed by atoms with Gasteiger partial charge in [0.05, 0.1) is 12.5 Å². The van der Waals surface area contributed by atoms with Crippen molar-refractivity contribution in [1.82, 2.24) is 10.2 Å². The van der Waals surface area contributed by atoms with Gasteiger partial charge in [0.1, 0.15) is 12.4 Å². The van der Waals surface area contributed by atoms with E-state index in [9.17, 15) is 4.79 Å². The third kappa shape index (κ3) is 4.23. The number of amides is 1. The second kappa shape index (κ2) is 7.29. The number of hydrogen-bond donors (Lipinski definition) is 1. The number of aryl methyl sites for hydroxylation is 1. The van der Waals surface area contributed by atoms with E-state index in [0.29, 0.717) is 13.2 Å². The Kier molecular flexibility index (Phi) is 5.41. The van der Waals surface area contributed by atoms with Crippen LogP contribution >= 0.6 is 0 Å². The fraction of sp³-hybridized carbons (Fsp3) is 0.562. The molecule has 4 heteroatoms. The fourth-order valence-corrected chi connectivity index (χ4v) is 2.42. The zero-order chi connectivity index (χ0) is 14.4. The molecule has 20 heavy (non-hydrogen) atoms. The van der Waals surface area contributed by atoms with Gasteiger partial charge in [0.2, 0.25) is 5.91 Å². The van der Waals surface area contributed by atoms with Crippen molar-refractivity contribution in [2.24, 2.45) is 5.92 Å². The highest BCUT2D eigenvalue weighted by Gasteiger charge is 2.23. The molecule has 1 saturated heterocycles. The average Bonchev–Trinajstić information content (AvgIpc) is 2.49. The number of nitrogens with zero attached hydrogens (tertiary/aromatic N) is 1.